The van der Waals surface area contributed by atoms with E-state index in [1.54, 1.807) is 0 Å². The number of hydrogen-bond acceptors (Lipinski definition) is 3. The first-order valence-electron chi connectivity index (χ1n) is 10.6. The molecule has 1 fully saturated rings. The van der Waals surface area contributed by atoms with Gasteiger partial charge >= 0.3 is 0 Å². The molecule has 1 aliphatic heterocycles. The lowest BCUT2D eigenvalue weighted by atomic mass is 10.1. The van der Waals surface area contributed by atoms with Crippen molar-refractivity contribution in [1.82, 2.24) is 9.47 Å². The van der Waals surface area contributed by atoms with Crippen molar-refractivity contribution in [1.29, 1.82) is 0 Å². The predicted octanol–water partition coefficient (Wildman–Crippen LogP) is 4.12. The number of carbonyl (C=O) groups excluding carboxylic acids is 1. The van der Waals surface area contributed by atoms with E-state index in [9.17, 15) is 13.2 Å². The number of benzene rings is 2. The zero-order valence-corrected chi connectivity index (χ0v) is 18.1. The number of hydrogen-bond donors (Lipinski definition) is 0. The van der Waals surface area contributed by atoms with Gasteiger partial charge in [0, 0.05) is 29.2 Å². The molecule has 30 heavy (non-hydrogen) atoms. The van der Waals surface area contributed by atoms with Crippen LogP contribution in [-0.2, 0) is 21.2 Å². The third-order valence-electron chi connectivity index (χ3n) is 5.90. The highest BCUT2D eigenvalue weighted by atomic mass is 32.2. The second-order valence-electron chi connectivity index (χ2n) is 8.04. The van der Waals surface area contributed by atoms with Gasteiger partial charge in [0.2, 0.25) is 5.91 Å². The number of carbonyl (C=O) groups is 1. The van der Waals surface area contributed by atoms with Crippen LogP contribution < -0.4 is 0 Å². The maximum atomic E-state index is 13.5. The van der Waals surface area contributed by atoms with Crippen LogP contribution in [0.3, 0.4) is 0 Å². The molecule has 3 aromatic rings. The van der Waals surface area contributed by atoms with Crippen LogP contribution in [0.5, 0.6) is 0 Å². The van der Waals surface area contributed by atoms with Crippen molar-refractivity contribution in [2.75, 3.05) is 18.1 Å². The summed E-state index contributed by atoms with van der Waals surface area (Å²) in [6, 6.07) is 20.1. The summed E-state index contributed by atoms with van der Waals surface area (Å²) in [5.41, 5.74) is 3.07. The minimum atomic E-state index is -3.05. The lowest BCUT2D eigenvalue weighted by Crippen LogP contribution is -2.43. The molecule has 1 unspecified atom stereocenters. The van der Waals surface area contributed by atoms with Crippen LogP contribution in [0.2, 0.25) is 0 Å². The van der Waals surface area contributed by atoms with Gasteiger partial charge in [-0.15, -0.1) is 0 Å². The number of aromatic nitrogens is 1. The largest absolute Gasteiger partial charge is 0.337 e. The molecule has 5 nitrogen and oxygen atoms in total. The van der Waals surface area contributed by atoms with Gasteiger partial charge in [0.25, 0.3) is 0 Å². The van der Waals surface area contributed by atoms with E-state index in [2.05, 4.69) is 23.6 Å². The highest BCUT2D eigenvalue weighted by molar-refractivity contribution is 7.91. The number of amides is 1. The lowest BCUT2D eigenvalue weighted by Gasteiger charge is -2.29. The number of para-hydroxylation sites is 1. The van der Waals surface area contributed by atoms with Crippen LogP contribution in [0, 0.1) is 0 Å². The fourth-order valence-electron chi connectivity index (χ4n) is 4.32. The summed E-state index contributed by atoms with van der Waals surface area (Å²) < 4.78 is 26.1. The summed E-state index contributed by atoms with van der Waals surface area (Å²) in [6.07, 6.45) is 2.38. The molecule has 6 heteroatoms. The monoisotopic (exact) mass is 424 g/mol. The Morgan fingerprint density at radius 1 is 1.10 bits per heavy atom. The van der Waals surface area contributed by atoms with Crippen molar-refractivity contribution in [3.8, 4) is 11.3 Å². The van der Waals surface area contributed by atoms with Crippen LogP contribution in [0.1, 0.15) is 26.2 Å². The molecular formula is C24H28N2O3S. The summed E-state index contributed by atoms with van der Waals surface area (Å²) >= 11 is 0. The quantitative estimate of drug-likeness (QED) is 0.573. The van der Waals surface area contributed by atoms with Crippen molar-refractivity contribution in [3.05, 3.63) is 60.7 Å². The molecule has 2 aromatic carbocycles. The summed E-state index contributed by atoms with van der Waals surface area (Å²) in [4.78, 5) is 15.3. The van der Waals surface area contributed by atoms with Gasteiger partial charge in [-0.3, -0.25) is 4.79 Å². The van der Waals surface area contributed by atoms with Crippen molar-refractivity contribution < 1.29 is 13.2 Å². The Labute approximate surface area is 178 Å². The summed E-state index contributed by atoms with van der Waals surface area (Å²) in [7, 11) is -3.05. The predicted molar refractivity (Wildman–Crippen MR) is 121 cm³/mol. The zero-order valence-electron chi connectivity index (χ0n) is 17.3. The van der Waals surface area contributed by atoms with Crippen LogP contribution in [-0.4, -0.2) is 47.9 Å². The Morgan fingerprint density at radius 2 is 1.83 bits per heavy atom. The van der Waals surface area contributed by atoms with Gasteiger partial charge in [-0.25, -0.2) is 8.42 Å². The molecule has 1 atom stereocenters. The van der Waals surface area contributed by atoms with Crippen LogP contribution in [0.25, 0.3) is 22.2 Å². The number of sulfone groups is 1. The maximum absolute atomic E-state index is 13.5. The Kier molecular flexibility index (Phi) is 5.95. The Balaban J connectivity index is 1.69. The van der Waals surface area contributed by atoms with E-state index >= 15 is 0 Å². The van der Waals surface area contributed by atoms with Gasteiger partial charge < -0.3 is 9.47 Å². The molecule has 0 N–H and O–H groups in total. The summed E-state index contributed by atoms with van der Waals surface area (Å²) in [5, 5.41) is 1.09. The fourth-order valence-corrected chi connectivity index (χ4v) is 6.05. The van der Waals surface area contributed by atoms with E-state index in [0.29, 0.717) is 13.0 Å². The molecule has 158 valence electrons. The normalized spacial score (nSPS) is 18.0. The Hall–Kier alpha value is -2.60. The van der Waals surface area contributed by atoms with E-state index in [0.717, 1.165) is 35.0 Å². The number of fused-ring (bicyclic) bond motifs is 1. The molecule has 0 spiro atoms. The number of rotatable bonds is 7. The van der Waals surface area contributed by atoms with E-state index in [1.807, 2.05) is 53.4 Å². The lowest BCUT2D eigenvalue weighted by molar-refractivity contribution is -0.133. The van der Waals surface area contributed by atoms with Crippen LogP contribution in [0.15, 0.2) is 60.7 Å². The molecule has 0 saturated carbocycles. The van der Waals surface area contributed by atoms with Gasteiger partial charge in [0.15, 0.2) is 9.84 Å². The van der Waals surface area contributed by atoms with Gasteiger partial charge in [0.05, 0.1) is 11.5 Å². The minimum absolute atomic E-state index is 0.0101. The first kappa shape index (κ1) is 20.7. The number of unbranched alkanes of at least 4 members (excludes halogenated alkanes) is 1. The molecule has 1 amide bonds. The van der Waals surface area contributed by atoms with Crippen molar-refractivity contribution >= 4 is 26.6 Å². The molecular weight excluding hydrogens is 396 g/mol. The molecule has 0 radical (unpaired) electrons. The summed E-state index contributed by atoms with van der Waals surface area (Å²) in [5.74, 6) is 0.250. The second kappa shape index (κ2) is 8.64. The third kappa shape index (κ3) is 4.29. The molecule has 4 rings (SSSR count). The molecule has 1 saturated heterocycles. The van der Waals surface area contributed by atoms with Gasteiger partial charge in [-0.05, 0) is 30.5 Å². The highest BCUT2D eigenvalue weighted by Crippen LogP contribution is 2.29. The minimum Gasteiger partial charge on any atom is -0.337 e. The van der Waals surface area contributed by atoms with Crippen molar-refractivity contribution in [2.24, 2.45) is 0 Å². The van der Waals surface area contributed by atoms with E-state index in [-0.39, 0.29) is 30.0 Å². The molecule has 2 heterocycles. The Bertz CT molecular complexity index is 1140. The zero-order chi connectivity index (χ0) is 21.1. The Morgan fingerprint density at radius 3 is 2.53 bits per heavy atom. The third-order valence-corrected chi connectivity index (χ3v) is 7.65. The molecule has 0 aliphatic carbocycles. The second-order valence-corrected chi connectivity index (χ2v) is 10.3. The molecule has 1 aliphatic rings. The van der Waals surface area contributed by atoms with Crippen molar-refractivity contribution in [2.45, 2.75) is 38.8 Å². The first-order chi connectivity index (χ1) is 14.5. The van der Waals surface area contributed by atoms with E-state index in [4.69, 9.17) is 0 Å². The summed E-state index contributed by atoms with van der Waals surface area (Å²) in [6.45, 7) is 2.90. The highest BCUT2D eigenvalue weighted by Gasteiger charge is 2.34. The van der Waals surface area contributed by atoms with Crippen LogP contribution >= 0.6 is 0 Å². The van der Waals surface area contributed by atoms with Gasteiger partial charge in [-0.2, -0.15) is 0 Å². The molecule has 0 bridgehead atoms. The topological polar surface area (TPSA) is 59.4 Å². The van der Waals surface area contributed by atoms with E-state index < -0.39 is 9.84 Å². The van der Waals surface area contributed by atoms with Crippen molar-refractivity contribution in [3.63, 3.8) is 0 Å². The first-order valence-corrected chi connectivity index (χ1v) is 12.4. The average molecular weight is 425 g/mol. The molecule has 1 aromatic heterocycles. The van der Waals surface area contributed by atoms with Gasteiger partial charge in [-0.1, -0.05) is 61.9 Å². The van der Waals surface area contributed by atoms with Gasteiger partial charge in [0.1, 0.15) is 6.54 Å². The van der Waals surface area contributed by atoms with E-state index in [1.165, 1.54) is 0 Å². The number of nitrogens with zero attached hydrogens (tertiary/aromatic N) is 2. The smallest absolute Gasteiger partial charge is 0.242 e. The fraction of sp³-hybridized carbons (Fsp3) is 0.375. The van der Waals surface area contributed by atoms with Crippen LogP contribution in [0.4, 0.5) is 0 Å². The maximum Gasteiger partial charge on any atom is 0.242 e. The average Bonchev–Trinajstić information content (AvgIpc) is 3.29. The SMILES string of the molecule is CCCCN(C(=O)Cn1c(-c2ccccc2)cc2ccccc21)C1CCS(=O)(=O)C1. The standard InChI is InChI=1S/C24H28N2O3S/c1-2-3-14-25(21-13-15-30(28,29)18-21)24(27)17-26-22-12-8-7-11-20(22)16-23(26)19-9-5-4-6-10-19/h4-12,16,21H,2-3,13-15,17-18H2,1H3.